The van der Waals surface area contributed by atoms with Gasteiger partial charge in [0.05, 0.1) is 0 Å². The molecule has 0 aliphatic heterocycles. The fourth-order valence-corrected chi connectivity index (χ4v) is 4.21. The van der Waals surface area contributed by atoms with E-state index in [4.69, 9.17) is 5.73 Å². The van der Waals surface area contributed by atoms with Gasteiger partial charge < -0.3 is 16.0 Å². The van der Waals surface area contributed by atoms with E-state index in [0.29, 0.717) is 17.2 Å². The quantitative estimate of drug-likeness (QED) is 0.872. The van der Waals surface area contributed by atoms with E-state index < -0.39 is 0 Å². The smallest absolute Gasteiger partial charge is 0.265 e. The van der Waals surface area contributed by atoms with Crippen molar-refractivity contribution in [2.45, 2.75) is 30.4 Å². The molecule has 1 saturated carbocycles. The molecule has 0 atom stereocenters. The molecule has 1 aliphatic rings. The summed E-state index contributed by atoms with van der Waals surface area (Å²) in [7, 11) is 3.78. The van der Waals surface area contributed by atoms with Gasteiger partial charge in [-0.3, -0.25) is 4.79 Å². The summed E-state index contributed by atoms with van der Waals surface area (Å²) in [6, 6.07) is 0. The number of carbonyl (C=O) groups excluding carboxylic acids is 1. The van der Waals surface area contributed by atoms with E-state index >= 15 is 0 Å². The van der Waals surface area contributed by atoms with Gasteiger partial charge in [-0.15, -0.1) is 0 Å². The second kappa shape index (κ2) is 6.22. The summed E-state index contributed by atoms with van der Waals surface area (Å²) < 4.78 is 0.208. The molecule has 0 bridgehead atoms. The Balaban J connectivity index is 2.01. The molecule has 0 saturated heterocycles. The highest BCUT2D eigenvalue weighted by Gasteiger charge is 2.33. The van der Waals surface area contributed by atoms with Crippen molar-refractivity contribution >= 4 is 40.0 Å². The molecule has 5 nitrogen and oxygen atoms in total. The van der Waals surface area contributed by atoms with Crippen molar-refractivity contribution in [3.8, 4) is 0 Å². The highest BCUT2D eigenvalue weighted by Crippen LogP contribution is 2.39. The van der Waals surface area contributed by atoms with E-state index in [-0.39, 0.29) is 10.7 Å². The molecule has 7 heteroatoms. The zero-order valence-corrected chi connectivity index (χ0v) is 13.9. The molecule has 0 spiro atoms. The van der Waals surface area contributed by atoms with Gasteiger partial charge in [0.15, 0.2) is 5.13 Å². The molecule has 0 unspecified atom stereocenters. The number of anilines is 2. The zero-order valence-electron chi connectivity index (χ0n) is 12.2. The maximum Gasteiger partial charge on any atom is 0.265 e. The molecular formula is C13H22N4OS2. The summed E-state index contributed by atoms with van der Waals surface area (Å²) in [5.41, 5.74) is 5.84. The topological polar surface area (TPSA) is 71.2 Å². The molecule has 0 aromatic carbocycles. The number of nitrogens with zero attached hydrogens (tertiary/aromatic N) is 2. The first-order chi connectivity index (χ1) is 9.47. The number of hydrogen-bond acceptors (Lipinski definition) is 6. The third kappa shape index (κ3) is 3.20. The lowest BCUT2D eigenvalue weighted by Gasteiger charge is -2.26. The van der Waals surface area contributed by atoms with Crippen molar-refractivity contribution in [3.63, 3.8) is 0 Å². The standard InChI is InChI=1S/C13H22N4OS2/c1-17(2)12-16-10(14)9(20-12)11(18)15-8-13(19-3)6-4-5-7-13/h4-8,14H2,1-3H3,(H,15,18). The van der Waals surface area contributed by atoms with Gasteiger partial charge in [-0.25, -0.2) is 4.98 Å². The molecule has 1 aromatic rings. The van der Waals surface area contributed by atoms with Crippen LogP contribution in [0.3, 0.4) is 0 Å². The van der Waals surface area contributed by atoms with Crippen molar-refractivity contribution in [1.82, 2.24) is 10.3 Å². The second-order valence-corrected chi connectivity index (χ2v) is 7.63. The fourth-order valence-electron chi connectivity index (χ4n) is 2.47. The summed E-state index contributed by atoms with van der Waals surface area (Å²) in [6.45, 7) is 0.710. The van der Waals surface area contributed by atoms with Crippen LogP contribution in [0.2, 0.25) is 0 Å². The maximum absolute atomic E-state index is 12.3. The monoisotopic (exact) mass is 314 g/mol. The number of nitrogen functional groups attached to an aromatic ring is 1. The highest BCUT2D eigenvalue weighted by molar-refractivity contribution is 8.00. The Morgan fingerprint density at radius 3 is 2.65 bits per heavy atom. The third-order valence-electron chi connectivity index (χ3n) is 3.75. The molecule has 3 N–H and O–H groups in total. The number of carbonyl (C=O) groups is 1. The van der Waals surface area contributed by atoms with Crippen LogP contribution in [0.5, 0.6) is 0 Å². The summed E-state index contributed by atoms with van der Waals surface area (Å²) in [6.07, 6.45) is 6.99. The van der Waals surface area contributed by atoms with Gasteiger partial charge in [0, 0.05) is 25.4 Å². The Morgan fingerprint density at radius 1 is 1.50 bits per heavy atom. The number of amides is 1. The molecule has 1 aromatic heterocycles. The number of rotatable bonds is 5. The van der Waals surface area contributed by atoms with Crippen LogP contribution in [0.15, 0.2) is 0 Å². The minimum Gasteiger partial charge on any atom is -0.382 e. The van der Waals surface area contributed by atoms with E-state index in [2.05, 4.69) is 16.6 Å². The maximum atomic E-state index is 12.3. The molecule has 1 heterocycles. The predicted octanol–water partition coefficient (Wildman–Crippen LogP) is 2.20. The molecule has 1 fully saturated rings. The molecule has 1 aliphatic carbocycles. The van der Waals surface area contributed by atoms with Crippen LogP contribution >= 0.6 is 23.1 Å². The number of nitrogens with one attached hydrogen (secondary N) is 1. The normalized spacial score (nSPS) is 17.1. The van der Waals surface area contributed by atoms with Gasteiger partial charge in [0.25, 0.3) is 5.91 Å². The summed E-state index contributed by atoms with van der Waals surface area (Å²) in [5.74, 6) is 0.217. The number of nitrogens with two attached hydrogens (primary N) is 1. The van der Waals surface area contributed by atoms with E-state index in [1.54, 1.807) is 0 Å². The highest BCUT2D eigenvalue weighted by atomic mass is 32.2. The summed E-state index contributed by atoms with van der Waals surface area (Å²) in [5, 5.41) is 3.80. The van der Waals surface area contributed by atoms with Crippen LogP contribution in [0, 0.1) is 0 Å². The molecule has 112 valence electrons. The largest absolute Gasteiger partial charge is 0.382 e. The molecule has 2 rings (SSSR count). The number of hydrogen-bond donors (Lipinski definition) is 2. The van der Waals surface area contributed by atoms with Gasteiger partial charge in [-0.2, -0.15) is 11.8 Å². The predicted molar refractivity (Wildman–Crippen MR) is 87.9 cm³/mol. The van der Waals surface area contributed by atoms with Crippen LogP contribution < -0.4 is 16.0 Å². The van der Waals surface area contributed by atoms with Gasteiger partial charge in [0.1, 0.15) is 10.7 Å². The first-order valence-electron chi connectivity index (χ1n) is 6.74. The van der Waals surface area contributed by atoms with Crippen LogP contribution in [-0.2, 0) is 0 Å². The van der Waals surface area contributed by atoms with Crippen molar-refractivity contribution in [2.75, 3.05) is 37.5 Å². The number of thioether (sulfide) groups is 1. The van der Waals surface area contributed by atoms with E-state index in [1.165, 1.54) is 37.0 Å². The van der Waals surface area contributed by atoms with Gasteiger partial charge in [-0.1, -0.05) is 24.2 Å². The summed E-state index contributed by atoms with van der Waals surface area (Å²) in [4.78, 5) is 18.8. The Labute approximate surface area is 128 Å². The third-order valence-corrected chi connectivity index (χ3v) is 6.41. The number of aromatic nitrogens is 1. The Morgan fingerprint density at radius 2 is 2.15 bits per heavy atom. The van der Waals surface area contributed by atoms with Gasteiger partial charge in [0.2, 0.25) is 0 Å². The van der Waals surface area contributed by atoms with E-state index in [9.17, 15) is 4.79 Å². The first-order valence-corrected chi connectivity index (χ1v) is 8.78. The van der Waals surface area contributed by atoms with Crippen LogP contribution in [0.25, 0.3) is 0 Å². The van der Waals surface area contributed by atoms with Crippen molar-refractivity contribution in [1.29, 1.82) is 0 Å². The molecule has 1 amide bonds. The molecule has 20 heavy (non-hydrogen) atoms. The molecular weight excluding hydrogens is 292 g/mol. The van der Waals surface area contributed by atoms with Crippen LogP contribution in [-0.4, -0.2) is 42.5 Å². The van der Waals surface area contributed by atoms with Crippen molar-refractivity contribution < 1.29 is 4.79 Å². The van der Waals surface area contributed by atoms with Crippen molar-refractivity contribution in [2.24, 2.45) is 0 Å². The Kier molecular flexibility index (Phi) is 4.80. The van der Waals surface area contributed by atoms with Crippen molar-refractivity contribution in [3.05, 3.63) is 4.88 Å². The fraction of sp³-hybridized carbons (Fsp3) is 0.692. The number of thiazole rings is 1. The first kappa shape index (κ1) is 15.4. The Hall–Kier alpha value is -0.950. The minimum atomic E-state index is -0.103. The van der Waals surface area contributed by atoms with E-state index in [1.807, 2.05) is 30.8 Å². The minimum absolute atomic E-state index is 0.103. The van der Waals surface area contributed by atoms with Gasteiger partial charge >= 0.3 is 0 Å². The van der Waals surface area contributed by atoms with E-state index in [0.717, 1.165) is 5.13 Å². The SMILES string of the molecule is CSC1(CNC(=O)c2sc(N(C)C)nc2N)CCCC1. The van der Waals surface area contributed by atoms with Gasteiger partial charge in [-0.05, 0) is 19.1 Å². The lowest BCUT2D eigenvalue weighted by Crippen LogP contribution is -2.38. The second-order valence-electron chi connectivity index (χ2n) is 5.38. The summed E-state index contributed by atoms with van der Waals surface area (Å²) >= 11 is 3.20. The lowest BCUT2D eigenvalue weighted by molar-refractivity contribution is 0.0954. The average molecular weight is 314 g/mol. The molecule has 0 radical (unpaired) electrons. The zero-order chi connectivity index (χ0) is 14.8. The Bertz CT molecular complexity index is 481. The lowest BCUT2D eigenvalue weighted by atomic mass is 10.1. The van der Waals surface area contributed by atoms with Crippen LogP contribution in [0.1, 0.15) is 35.4 Å². The van der Waals surface area contributed by atoms with Crippen LogP contribution in [0.4, 0.5) is 10.9 Å². The average Bonchev–Trinajstić information content (AvgIpc) is 3.03.